The zero-order valence-electron chi connectivity index (χ0n) is 9.62. The molecule has 0 radical (unpaired) electrons. The highest BCUT2D eigenvalue weighted by Gasteiger charge is 2.39. The van der Waals surface area contributed by atoms with Crippen LogP contribution in [0, 0.1) is 5.92 Å². The van der Waals surface area contributed by atoms with Gasteiger partial charge in [0.05, 0.1) is 0 Å². The normalized spacial score (nSPS) is 29.7. The van der Waals surface area contributed by atoms with Gasteiger partial charge in [0.25, 0.3) is 0 Å². The first kappa shape index (κ1) is 10.7. The Kier molecular flexibility index (Phi) is 3.14. The molecular weight excluding hydrogens is 190 g/mol. The number of carbonyl (C=O) groups excluding carboxylic acids is 1. The Bertz CT molecular complexity index is 226. The van der Waals surface area contributed by atoms with Crippen LogP contribution in [0.5, 0.6) is 0 Å². The minimum absolute atomic E-state index is 0.137. The topological polar surface area (TPSA) is 44.4 Å². The third-order valence-corrected chi connectivity index (χ3v) is 3.28. The summed E-state index contributed by atoms with van der Waals surface area (Å²) in [7, 11) is 0. The maximum atomic E-state index is 12.0. The van der Waals surface area contributed by atoms with Crippen molar-refractivity contribution in [1.29, 1.82) is 0 Å². The lowest BCUT2D eigenvalue weighted by molar-refractivity contribution is 0.153. The van der Waals surface area contributed by atoms with Crippen molar-refractivity contribution in [2.24, 2.45) is 5.92 Å². The van der Waals surface area contributed by atoms with Gasteiger partial charge in [-0.3, -0.25) is 0 Å². The molecule has 2 saturated heterocycles. The fourth-order valence-electron chi connectivity index (χ4n) is 2.49. The van der Waals surface area contributed by atoms with Crippen molar-refractivity contribution in [2.75, 3.05) is 19.6 Å². The molecule has 0 aliphatic carbocycles. The minimum Gasteiger partial charge on any atom is -0.338 e. The summed E-state index contributed by atoms with van der Waals surface area (Å²) in [4.78, 5) is 14.0. The molecule has 0 spiro atoms. The smallest absolute Gasteiger partial charge is 0.317 e. The number of piperazine rings is 1. The Morgan fingerprint density at radius 1 is 1.40 bits per heavy atom. The first-order valence-corrected chi connectivity index (χ1v) is 5.95. The predicted octanol–water partition coefficient (Wildman–Crippen LogP) is 0.788. The van der Waals surface area contributed by atoms with E-state index in [0.717, 1.165) is 32.5 Å². The number of fused-ring (bicyclic) bond motifs is 2. The lowest BCUT2D eigenvalue weighted by Crippen LogP contribution is -2.57. The molecule has 0 aromatic heterocycles. The summed E-state index contributed by atoms with van der Waals surface area (Å²) >= 11 is 0. The zero-order chi connectivity index (χ0) is 10.8. The van der Waals surface area contributed by atoms with Gasteiger partial charge in [0.15, 0.2) is 0 Å². The van der Waals surface area contributed by atoms with Crippen LogP contribution in [0.1, 0.15) is 26.7 Å². The molecule has 2 unspecified atom stereocenters. The molecule has 0 saturated carbocycles. The van der Waals surface area contributed by atoms with E-state index in [1.165, 1.54) is 0 Å². The van der Waals surface area contributed by atoms with Crippen LogP contribution < -0.4 is 10.6 Å². The van der Waals surface area contributed by atoms with Crippen molar-refractivity contribution in [1.82, 2.24) is 15.5 Å². The Labute approximate surface area is 91.4 Å². The van der Waals surface area contributed by atoms with Gasteiger partial charge in [-0.25, -0.2) is 4.79 Å². The number of carbonyl (C=O) groups is 1. The summed E-state index contributed by atoms with van der Waals surface area (Å²) in [6.45, 7) is 6.94. The van der Waals surface area contributed by atoms with Gasteiger partial charge in [0.1, 0.15) is 0 Å². The van der Waals surface area contributed by atoms with Crippen molar-refractivity contribution >= 4 is 6.03 Å². The van der Waals surface area contributed by atoms with E-state index in [4.69, 9.17) is 0 Å². The molecule has 2 rings (SSSR count). The monoisotopic (exact) mass is 211 g/mol. The molecule has 2 N–H and O–H groups in total. The van der Waals surface area contributed by atoms with E-state index in [0.29, 0.717) is 18.0 Å². The molecule has 15 heavy (non-hydrogen) atoms. The number of hydrogen-bond acceptors (Lipinski definition) is 2. The van der Waals surface area contributed by atoms with Gasteiger partial charge in [0.2, 0.25) is 0 Å². The van der Waals surface area contributed by atoms with Gasteiger partial charge < -0.3 is 15.5 Å². The molecular formula is C11H21N3O. The average Bonchev–Trinajstić information content (AvgIpc) is 2.45. The Morgan fingerprint density at radius 3 is 2.53 bits per heavy atom. The van der Waals surface area contributed by atoms with E-state index in [1.807, 2.05) is 0 Å². The standard InChI is InChI=1S/C11H21N3O/c1-8(2)5-13-11(15)14-9-3-4-10(14)7-12-6-9/h8-10,12H,3-7H2,1-2H3,(H,13,15). The highest BCUT2D eigenvalue weighted by atomic mass is 16.2. The van der Waals surface area contributed by atoms with E-state index in [9.17, 15) is 4.79 Å². The van der Waals surface area contributed by atoms with Crippen molar-refractivity contribution in [3.05, 3.63) is 0 Å². The largest absolute Gasteiger partial charge is 0.338 e. The molecule has 86 valence electrons. The van der Waals surface area contributed by atoms with Crippen LogP contribution in [0.25, 0.3) is 0 Å². The van der Waals surface area contributed by atoms with Crippen molar-refractivity contribution in [3.8, 4) is 0 Å². The second-order valence-electron chi connectivity index (χ2n) is 5.03. The number of rotatable bonds is 2. The number of hydrogen-bond donors (Lipinski definition) is 2. The first-order valence-electron chi connectivity index (χ1n) is 5.95. The summed E-state index contributed by atoms with van der Waals surface area (Å²) in [6, 6.07) is 0.990. The van der Waals surface area contributed by atoms with Gasteiger partial charge >= 0.3 is 6.03 Å². The highest BCUT2D eigenvalue weighted by molar-refractivity contribution is 5.75. The average molecular weight is 211 g/mol. The van der Waals surface area contributed by atoms with Crippen LogP contribution >= 0.6 is 0 Å². The first-order chi connectivity index (χ1) is 7.18. The Balaban J connectivity index is 1.90. The number of nitrogens with zero attached hydrogens (tertiary/aromatic N) is 1. The lowest BCUT2D eigenvalue weighted by Gasteiger charge is -2.35. The highest BCUT2D eigenvalue weighted by Crippen LogP contribution is 2.26. The van der Waals surface area contributed by atoms with E-state index >= 15 is 0 Å². The molecule has 2 fully saturated rings. The third-order valence-electron chi connectivity index (χ3n) is 3.28. The maximum Gasteiger partial charge on any atom is 0.317 e. The van der Waals surface area contributed by atoms with E-state index in [2.05, 4.69) is 29.4 Å². The predicted molar refractivity (Wildman–Crippen MR) is 59.8 cm³/mol. The molecule has 4 nitrogen and oxygen atoms in total. The maximum absolute atomic E-state index is 12.0. The fraction of sp³-hybridized carbons (Fsp3) is 0.909. The number of urea groups is 1. The van der Waals surface area contributed by atoms with Crippen LogP contribution in [0.15, 0.2) is 0 Å². The van der Waals surface area contributed by atoms with E-state index < -0.39 is 0 Å². The molecule has 0 aromatic rings. The van der Waals surface area contributed by atoms with Gasteiger partial charge in [-0.1, -0.05) is 13.8 Å². The SMILES string of the molecule is CC(C)CNC(=O)N1C2CCC1CNC2. The summed E-state index contributed by atoms with van der Waals surface area (Å²) < 4.78 is 0. The molecule has 2 heterocycles. The second-order valence-corrected chi connectivity index (χ2v) is 5.03. The Hall–Kier alpha value is -0.770. The van der Waals surface area contributed by atoms with Gasteiger partial charge in [-0.15, -0.1) is 0 Å². The lowest BCUT2D eigenvalue weighted by atomic mass is 10.2. The summed E-state index contributed by atoms with van der Waals surface area (Å²) in [5.41, 5.74) is 0. The van der Waals surface area contributed by atoms with Gasteiger partial charge in [-0.05, 0) is 18.8 Å². The molecule has 4 heteroatoms. The van der Waals surface area contributed by atoms with Crippen molar-refractivity contribution in [2.45, 2.75) is 38.8 Å². The molecule has 0 aromatic carbocycles. The Morgan fingerprint density at radius 2 is 2.00 bits per heavy atom. The quantitative estimate of drug-likeness (QED) is 0.709. The number of nitrogens with one attached hydrogen (secondary N) is 2. The fourth-order valence-corrected chi connectivity index (χ4v) is 2.49. The molecule has 2 aliphatic heterocycles. The summed E-state index contributed by atoms with van der Waals surface area (Å²) in [6.07, 6.45) is 2.32. The van der Waals surface area contributed by atoms with Crippen molar-refractivity contribution in [3.63, 3.8) is 0 Å². The summed E-state index contributed by atoms with van der Waals surface area (Å²) in [5.74, 6) is 0.523. The second kappa shape index (κ2) is 4.39. The van der Waals surface area contributed by atoms with E-state index in [1.54, 1.807) is 0 Å². The molecule has 2 bridgehead atoms. The van der Waals surface area contributed by atoms with Gasteiger partial charge in [-0.2, -0.15) is 0 Å². The zero-order valence-corrected chi connectivity index (χ0v) is 9.62. The molecule has 2 atom stereocenters. The van der Waals surface area contributed by atoms with Crippen LogP contribution in [0.2, 0.25) is 0 Å². The van der Waals surface area contributed by atoms with E-state index in [-0.39, 0.29) is 6.03 Å². The molecule has 2 aliphatic rings. The van der Waals surface area contributed by atoms with Crippen LogP contribution in [0.3, 0.4) is 0 Å². The van der Waals surface area contributed by atoms with Crippen molar-refractivity contribution < 1.29 is 4.79 Å². The van der Waals surface area contributed by atoms with Crippen LogP contribution in [0.4, 0.5) is 4.79 Å². The van der Waals surface area contributed by atoms with Crippen LogP contribution in [-0.4, -0.2) is 42.6 Å². The molecule has 2 amide bonds. The summed E-state index contributed by atoms with van der Waals surface area (Å²) in [5, 5.41) is 6.39. The van der Waals surface area contributed by atoms with Gasteiger partial charge in [0, 0.05) is 31.7 Å². The minimum atomic E-state index is 0.137. The third kappa shape index (κ3) is 2.25. The number of amides is 2. The van der Waals surface area contributed by atoms with Crippen LogP contribution in [-0.2, 0) is 0 Å².